The van der Waals surface area contributed by atoms with Crippen LogP contribution in [-0.4, -0.2) is 72.5 Å². The zero-order valence-electron chi connectivity index (χ0n) is 23.7. The van der Waals surface area contributed by atoms with Crippen LogP contribution in [0, 0.1) is 5.92 Å². The number of carbonyl (C=O) groups is 1. The highest BCUT2D eigenvalue weighted by Gasteiger charge is 2.43. The van der Waals surface area contributed by atoms with Crippen LogP contribution in [0.25, 0.3) is 6.08 Å². The Labute approximate surface area is 235 Å². The van der Waals surface area contributed by atoms with Crippen LogP contribution in [0.15, 0.2) is 60.7 Å². The summed E-state index contributed by atoms with van der Waals surface area (Å²) in [6.45, 7) is 5.16. The van der Waals surface area contributed by atoms with Crippen LogP contribution >= 0.6 is 0 Å². The molecular formula is C31H40O9. The van der Waals surface area contributed by atoms with Crippen LogP contribution in [0.5, 0.6) is 11.5 Å². The minimum absolute atomic E-state index is 0.0277. The van der Waals surface area contributed by atoms with Gasteiger partial charge in [-0.1, -0.05) is 54.6 Å². The Morgan fingerprint density at radius 1 is 1.10 bits per heavy atom. The van der Waals surface area contributed by atoms with E-state index in [-0.39, 0.29) is 24.0 Å². The molecule has 1 aliphatic heterocycles. The van der Waals surface area contributed by atoms with Crippen molar-refractivity contribution < 1.29 is 43.8 Å². The molecule has 0 saturated carbocycles. The highest BCUT2D eigenvalue weighted by atomic mass is 16.8. The Hall–Kier alpha value is -3.21. The number of carboxylic acid groups (broad SMARTS) is 1. The first-order chi connectivity index (χ1) is 19.0. The van der Waals surface area contributed by atoms with Gasteiger partial charge >= 0.3 is 5.97 Å². The molecule has 1 heterocycles. The Morgan fingerprint density at radius 2 is 1.82 bits per heavy atom. The van der Waals surface area contributed by atoms with Gasteiger partial charge in [-0.05, 0) is 50.8 Å². The number of rotatable bonds is 14. The minimum Gasteiger partial charge on any atom is -0.497 e. The highest BCUT2D eigenvalue weighted by molar-refractivity contribution is 5.95. The van der Waals surface area contributed by atoms with Crippen molar-refractivity contribution in [3.05, 3.63) is 77.4 Å². The van der Waals surface area contributed by atoms with Gasteiger partial charge in [0.1, 0.15) is 29.3 Å². The SMILES string of the molecule is COCOc1cc(OC)cc(/C=C/C[C@@H]2OC(C)(C)O[C@@H]2C(O)/C=C\[C@@H](Cc2ccccc2)[C@H](C)O)c1C(=O)O. The summed E-state index contributed by atoms with van der Waals surface area (Å²) < 4.78 is 27.8. The summed E-state index contributed by atoms with van der Waals surface area (Å²) in [4.78, 5) is 12.0. The molecule has 1 aliphatic rings. The normalized spacial score (nSPS) is 21.0. The first-order valence-corrected chi connectivity index (χ1v) is 13.2. The molecule has 218 valence electrons. The number of hydrogen-bond acceptors (Lipinski definition) is 8. The largest absolute Gasteiger partial charge is 0.497 e. The van der Waals surface area contributed by atoms with Crippen molar-refractivity contribution in [2.24, 2.45) is 5.92 Å². The Kier molecular flexibility index (Phi) is 11.3. The van der Waals surface area contributed by atoms with E-state index < -0.39 is 36.2 Å². The quantitative estimate of drug-likeness (QED) is 0.229. The molecule has 0 radical (unpaired) electrons. The van der Waals surface area contributed by atoms with Crippen molar-refractivity contribution in [1.29, 1.82) is 0 Å². The molecule has 5 atom stereocenters. The molecule has 3 rings (SSSR count). The monoisotopic (exact) mass is 556 g/mol. The number of benzene rings is 2. The summed E-state index contributed by atoms with van der Waals surface area (Å²) in [5.74, 6) is -1.72. The third-order valence-corrected chi connectivity index (χ3v) is 6.60. The lowest BCUT2D eigenvalue weighted by molar-refractivity contribution is -0.152. The Morgan fingerprint density at radius 3 is 2.45 bits per heavy atom. The molecule has 2 aromatic rings. The topological polar surface area (TPSA) is 124 Å². The van der Waals surface area contributed by atoms with E-state index in [1.165, 1.54) is 20.3 Å². The maximum Gasteiger partial charge on any atom is 0.340 e. The van der Waals surface area contributed by atoms with Crippen LogP contribution in [0.2, 0.25) is 0 Å². The van der Waals surface area contributed by atoms with E-state index in [1.807, 2.05) is 36.4 Å². The molecule has 40 heavy (non-hydrogen) atoms. The first kappa shape index (κ1) is 31.3. The average Bonchev–Trinajstić information content (AvgIpc) is 3.23. The van der Waals surface area contributed by atoms with Gasteiger partial charge in [-0.25, -0.2) is 4.79 Å². The predicted octanol–water partition coefficient (Wildman–Crippen LogP) is 4.46. The molecule has 0 aliphatic carbocycles. The molecule has 0 amide bonds. The van der Waals surface area contributed by atoms with Crippen LogP contribution in [0.3, 0.4) is 0 Å². The summed E-state index contributed by atoms with van der Waals surface area (Å²) in [5.41, 5.74) is 1.44. The number of ether oxygens (including phenoxy) is 5. The number of methoxy groups -OCH3 is 2. The van der Waals surface area contributed by atoms with E-state index in [9.17, 15) is 20.1 Å². The summed E-state index contributed by atoms with van der Waals surface area (Å²) >= 11 is 0. The standard InChI is InChI=1S/C31H40O9/c1-20(32)22(16-21-10-7-6-8-11-21)14-15-25(33)29-26(39-31(2,3)40-29)13-9-12-23-17-24(37-5)18-27(38-19-36-4)28(23)30(34)35/h6-12,14-15,17-18,20,22,25-26,29,32-33H,13,16,19H2,1-5H3,(H,34,35)/b12-9+,15-14-/t20-,22-,25?,26-,29+/m0/s1. The third-order valence-electron chi connectivity index (χ3n) is 6.60. The van der Waals surface area contributed by atoms with Gasteiger partial charge in [-0.2, -0.15) is 0 Å². The van der Waals surface area contributed by atoms with Crippen molar-refractivity contribution in [1.82, 2.24) is 0 Å². The van der Waals surface area contributed by atoms with Crippen LogP contribution in [0.4, 0.5) is 0 Å². The van der Waals surface area contributed by atoms with Gasteiger partial charge in [0.05, 0.1) is 19.3 Å². The first-order valence-electron chi connectivity index (χ1n) is 13.2. The number of aliphatic hydroxyl groups excluding tert-OH is 2. The van der Waals surface area contributed by atoms with Gasteiger partial charge in [0.25, 0.3) is 0 Å². The average molecular weight is 557 g/mol. The fourth-order valence-electron chi connectivity index (χ4n) is 4.64. The molecule has 9 heteroatoms. The summed E-state index contributed by atoms with van der Waals surface area (Å²) in [5, 5.41) is 31.2. The van der Waals surface area contributed by atoms with E-state index in [1.54, 1.807) is 45.1 Å². The van der Waals surface area contributed by atoms with E-state index in [0.717, 1.165) is 5.56 Å². The minimum atomic E-state index is -1.16. The maximum atomic E-state index is 12.0. The molecule has 0 bridgehead atoms. The number of aromatic carboxylic acids is 1. The van der Waals surface area contributed by atoms with Gasteiger partial charge in [-0.3, -0.25) is 0 Å². The van der Waals surface area contributed by atoms with Crippen molar-refractivity contribution in [2.45, 2.75) is 63.8 Å². The fraction of sp³-hybridized carbons (Fsp3) is 0.452. The van der Waals surface area contributed by atoms with E-state index in [0.29, 0.717) is 24.2 Å². The molecular weight excluding hydrogens is 516 g/mol. The maximum absolute atomic E-state index is 12.0. The molecule has 0 aromatic heterocycles. The lowest BCUT2D eigenvalue weighted by Crippen LogP contribution is -2.34. The van der Waals surface area contributed by atoms with E-state index in [4.69, 9.17) is 23.7 Å². The lowest BCUT2D eigenvalue weighted by Gasteiger charge is -2.21. The molecule has 1 saturated heterocycles. The second kappa shape index (κ2) is 14.4. The van der Waals surface area contributed by atoms with Crippen LogP contribution in [0.1, 0.15) is 48.7 Å². The van der Waals surface area contributed by atoms with Crippen molar-refractivity contribution >= 4 is 12.0 Å². The van der Waals surface area contributed by atoms with Crippen molar-refractivity contribution in [3.8, 4) is 11.5 Å². The van der Waals surface area contributed by atoms with Crippen molar-refractivity contribution in [3.63, 3.8) is 0 Å². The van der Waals surface area contributed by atoms with Gasteiger partial charge < -0.3 is 39.0 Å². The van der Waals surface area contributed by atoms with Gasteiger partial charge in [-0.15, -0.1) is 0 Å². The van der Waals surface area contributed by atoms with Gasteiger partial charge in [0.15, 0.2) is 12.6 Å². The molecule has 9 nitrogen and oxygen atoms in total. The summed E-state index contributed by atoms with van der Waals surface area (Å²) in [6, 6.07) is 13.0. The van der Waals surface area contributed by atoms with Crippen LogP contribution < -0.4 is 9.47 Å². The third kappa shape index (κ3) is 8.64. The number of carboxylic acids is 1. The summed E-state index contributed by atoms with van der Waals surface area (Å²) in [7, 11) is 2.93. The Balaban J connectivity index is 1.77. The predicted molar refractivity (Wildman–Crippen MR) is 150 cm³/mol. The number of hydrogen-bond donors (Lipinski definition) is 3. The smallest absolute Gasteiger partial charge is 0.340 e. The van der Waals surface area contributed by atoms with E-state index >= 15 is 0 Å². The second-order valence-corrected chi connectivity index (χ2v) is 10.2. The van der Waals surface area contributed by atoms with Crippen LogP contribution in [-0.2, 0) is 20.6 Å². The molecule has 1 fully saturated rings. The molecule has 1 unspecified atom stereocenters. The molecule has 0 spiro atoms. The highest BCUT2D eigenvalue weighted by Crippen LogP contribution is 2.34. The zero-order valence-corrected chi connectivity index (χ0v) is 23.7. The number of aliphatic hydroxyl groups is 2. The molecule has 2 aromatic carbocycles. The fourth-order valence-corrected chi connectivity index (χ4v) is 4.64. The second-order valence-electron chi connectivity index (χ2n) is 10.2. The van der Waals surface area contributed by atoms with E-state index in [2.05, 4.69) is 0 Å². The summed E-state index contributed by atoms with van der Waals surface area (Å²) in [6.07, 6.45) is 5.09. The lowest BCUT2D eigenvalue weighted by atomic mass is 9.93. The van der Waals surface area contributed by atoms with Gasteiger partial charge in [0.2, 0.25) is 0 Å². The van der Waals surface area contributed by atoms with Crippen molar-refractivity contribution in [2.75, 3.05) is 21.0 Å². The zero-order chi connectivity index (χ0) is 29.3. The molecule has 3 N–H and O–H groups in total. The van der Waals surface area contributed by atoms with Gasteiger partial charge in [0, 0.05) is 19.1 Å². The Bertz CT molecular complexity index is 1160.